The smallest absolute Gasteiger partial charge is 0.411 e. The molecule has 0 unspecified atom stereocenters. The fourth-order valence-corrected chi connectivity index (χ4v) is 3.22. The van der Waals surface area contributed by atoms with Gasteiger partial charge in [-0.15, -0.1) is 0 Å². The SMILES string of the molecule is N#CC(=NNc1cc(Cl)c(Oc2ccc3c(c2)NC(=O)CC3)c(Cl)c1)C(=O)NC(=O)O. The van der Waals surface area contributed by atoms with E-state index in [1.54, 1.807) is 12.1 Å². The summed E-state index contributed by atoms with van der Waals surface area (Å²) in [5.41, 5.74) is 3.55. The van der Waals surface area contributed by atoms with Crippen LogP contribution in [0.3, 0.4) is 0 Å². The van der Waals surface area contributed by atoms with Crippen LogP contribution in [-0.2, 0) is 16.0 Å². The number of aryl methyl sites for hydroxylation is 1. The molecular weight excluding hydrogens is 449 g/mol. The summed E-state index contributed by atoms with van der Waals surface area (Å²) >= 11 is 12.5. The number of anilines is 2. The molecule has 0 aliphatic carbocycles. The first-order chi connectivity index (χ1) is 14.8. The summed E-state index contributed by atoms with van der Waals surface area (Å²) in [4.78, 5) is 33.6. The number of nitriles is 1. The van der Waals surface area contributed by atoms with Crippen molar-refractivity contribution in [3.63, 3.8) is 0 Å². The van der Waals surface area contributed by atoms with E-state index in [1.165, 1.54) is 23.5 Å². The van der Waals surface area contributed by atoms with Gasteiger partial charge < -0.3 is 15.2 Å². The van der Waals surface area contributed by atoms with E-state index >= 15 is 0 Å². The topological polar surface area (TPSA) is 153 Å². The summed E-state index contributed by atoms with van der Waals surface area (Å²) in [7, 11) is 0. The molecule has 4 N–H and O–H groups in total. The second-order valence-electron chi connectivity index (χ2n) is 6.18. The minimum Gasteiger partial charge on any atom is -0.465 e. The molecule has 0 spiro atoms. The average Bonchev–Trinajstić information content (AvgIpc) is 2.70. The fraction of sp³-hybridized carbons (Fsp3) is 0.105. The van der Waals surface area contributed by atoms with Gasteiger partial charge >= 0.3 is 6.09 Å². The quantitative estimate of drug-likeness (QED) is 0.390. The molecule has 3 amide bonds. The van der Waals surface area contributed by atoms with Gasteiger partial charge in [0.1, 0.15) is 11.8 Å². The molecule has 10 nitrogen and oxygen atoms in total. The summed E-state index contributed by atoms with van der Waals surface area (Å²) in [5.74, 6) is -0.728. The lowest BCUT2D eigenvalue weighted by molar-refractivity contribution is -0.116. The molecule has 0 radical (unpaired) electrons. The number of hydrogen-bond acceptors (Lipinski definition) is 7. The molecule has 1 aliphatic heterocycles. The minimum atomic E-state index is -1.62. The first kappa shape index (κ1) is 21.9. The van der Waals surface area contributed by atoms with Crippen LogP contribution < -0.4 is 20.8 Å². The lowest BCUT2D eigenvalue weighted by atomic mass is 10.0. The molecule has 1 aliphatic rings. The zero-order chi connectivity index (χ0) is 22.5. The Morgan fingerprint density at radius 3 is 2.55 bits per heavy atom. The van der Waals surface area contributed by atoms with Crippen molar-refractivity contribution in [3.8, 4) is 17.6 Å². The Labute approximate surface area is 185 Å². The van der Waals surface area contributed by atoms with Gasteiger partial charge in [-0.3, -0.25) is 20.3 Å². The van der Waals surface area contributed by atoms with Crippen molar-refractivity contribution in [2.45, 2.75) is 12.8 Å². The largest absolute Gasteiger partial charge is 0.465 e. The molecule has 31 heavy (non-hydrogen) atoms. The number of carbonyl (C=O) groups excluding carboxylic acids is 2. The van der Waals surface area contributed by atoms with Gasteiger partial charge in [0.2, 0.25) is 11.6 Å². The van der Waals surface area contributed by atoms with Crippen LogP contribution in [0, 0.1) is 11.3 Å². The number of ether oxygens (including phenoxy) is 1. The molecule has 0 fully saturated rings. The van der Waals surface area contributed by atoms with E-state index in [0.717, 1.165) is 5.56 Å². The van der Waals surface area contributed by atoms with Gasteiger partial charge in [0.15, 0.2) is 5.75 Å². The maximum Gasteiger partial charge on any atom is 0.411 e. The van der Waals surface area contributed by atoms with Crippen LogP contribution in [0.25, 0.3) is 0 Å². The first-order valence-corrected chi connectivity index (χ1v) is 9.40. The fourth-order valence-electron chi connectivity index (χ4n) is 2.66. The summed E-state index contributed by atoms with van der Waals surface area (Å²) in [6.45, 7) is 0. The monoisotopic (exact) mass is 461 g/mol. The van der Waals surface area contributed by atoms with E-state index in [9.17, 15) is 14.4 Å². The van der Waals surface area contributed by atoms with E-state index < -0.39 is 17.7 Å². The Morgan fingerprint density at radius 1 is 1.19 bits per heavy atom. The van der Waals surface area contributed by atoms with Crippen LogP contribution in [0.15, 0.2) is 35.4 Å². The molecular formula is C19H13Cl2N5O5. The molecule has 2 aromatic rings. The van der Waals surface area contributed by atoms with Crippen molar-refractivity contribution in [3.05, 3.63) is 45.9 Å². The van der Waals surface area contributed by atoms with Crippen LogP contribution in [0.4, 0.5) is 16.2 Å². The third kappa shape index (κ3) is 5.42. The number of rotatable bonds is 5. The average molecular weight is 462 g/mol. The lowest BCUT2D eigenvalue weighted by Gasteiger charge is -2.18. The Kier molecular flexibility index (Phi) is 6.59. The molecule has 2 aromatic carbocycles. The van der Waals surface area contributed by atoms with Gasteiger partial charge in [-0.25, -0.2) is 4.79 Å². The van der Waals surface area contributed by atoms with Gasteiger partial charge in [-0.05, 0) is 30.2 Å². The van der Waals surface area contributed by atoms with Crippen LogP contribution >= 0.6 is 23.2 Å². The predicted octanol–water partition coefficient (Wildman–Crippen LogP) is 3.76. The second kappa shape index (κ2) is 9.34. The predicted molar refractivity (Wildman–Crippen MR) is 113 cm³/mol. The van der Waals surface area contributed by atoms with Gasteiger partial charge in [0, 0.05) is 18.2 Å². The number of benzene rings is 2. The van der Waals surface area contributed by atoms with E-state index in [1.807, 2.05) is 6.07 Å². The Hall–Kier alpha value is -3.81. The molecule has 0 aromatic heterocycles. The molecule has 1 heterocycles. The number of halogens is 2. The number of nitrogens with zero attached hydrogens (tertiary/aromatic N) is 2. The molecule has 158 valence electrons. The van der Waals surface area contributed by atoms with Gasteiger partial charge in [0.05, 0.1) is 15.7 Å². The van der Waals surface area contributed by atoms with Crippen LogP contribution in [0.5, 0.6) is 11.5 Å². The second-order valence-corrected chi connectivity index (χ2v) is 7.00. The number of amides is 3. The van der Waals surface area contributed by atoms with Crippen molar-refractivity contribution in [1.82, 2.24) is 5.32 Å². The van der Waals surface area contributed by atoms with E-state index in [4.69, 9.17) is 38.3 Å². The van der Waals surface area contributed by atoms with Crippen molar-refractivity contribution in [2.24, 2.45) is 5.10 Å². The third-order valence-corrected chi connectivity index (χ3v) is 4.59. The van der Waals surface area contributed by atoms with Crippen LogP contribution in [0.2, 0.25) is 10.0 Å². The zero-order valence-electron chi connectivity index (χ0n) is 15.5. The lowest BCUT2D eigenvalue weighted by Crippen LogP contribution is -2.34. The zero-order valence-corrected chi connectivity index (χ0v) is 17.0. The number of carboxylic acid groups (broad SMARTS) is 1. The Balaban J connectivity index is 1.78. The normalized spacial score (nSPS) is 12.8. The highest BCUT2D eigenvalue weighted by atomic mass is 35.5. The Bertz CT molecular complexity index is 1140. The summed E-state index contributed by atoms with van der Waals surface area (Å²) < 4.78 is 5.76. The number of hydrogen-bond donors (Lipinski definition) is 4. The molecule has 3 rings (SSSR count). The number of imide groups is 1. The van der Waals surface area contributed by atoms with Crippen molar-refractivity contribution < 1.29 is 24.2 Å². The molecule has 0 saturated heterocycles. The van der Waals surface area contributed by atoms with Gasteiger partial charge in [0.25, 0.3) is 5.91 Å². The highest BCUT2D eigenvalue weighted by Gasteiger charge is 2.17. The molecule has 0 atom stereocenters. The van der Waals surface area contributed by atoms with Crippen molar-refractivity contribution in [1.29, 1.82) is 5.26 Å². The maximum atomic E-state index is 11.6. The Morgan fingerprint density at radius 2 is 1.90 bits per heavy atom. The summed E-state index contributed by atoms with van der Waals surface area (Å²) in [6, 6.07) is 9.46. The van der Waals surface area contributed by atoms with Gasteiger partial charge in [-0.2, -0.15) is 10.4 Å². The highest BCUT2D eigenvalue weighted by molar-refractivity contribution is 6.46. The first-order valence-electron chi connectivity index (χ1n) is 8.64. The number of hydrazone groups is 1. The summed E-state index contributed by atoms with van der Waals surface area (Å²) in [5, 5.41) is 25.5. The number of fused-ring (bicyclic) bond motifs is 1. The molecule has 12 heteroatoms. The number of nitrogens with one attached hydrogen (secondary N) is 3. The van der Waals surface area contributed by atoms with Crippen LogP contribution in [-0.4, -0.2) is 28.7 Å². The highest BCUT2D eigenvalue weighted by Crippen LogP contribution is 2.40. The molecule has 0 bridgehead atoms. The van der Waals surface area contributed by atoms with Crippen molar-refractivity contribution >= 4 is 58.2 Å². The van der Waals surface area contributed by atoms with Gasteiger partial charge in [-0.1, -0.05) is 29.3 Å². The maximum absolute atomic E-state index is 11.6. The third-order valence-electron chi connectivity index (χ3n) is 4.03. The number of carbonyl (C=O) groups is 3. The van der Waals surface area contributed by atoms with Crippen molar-refractivity contribution in [2.75, 3.05) is 10.7 Å². The summed E-state index contributed by atoms with van der Waals surface area (Å²) in [6.07, 6.45) is -0.561. The van der Waals surface area contributed by atoms with Crippen LogP contribution in [0.1, 0.15) is 12.0 Å². The molecule has 0 saturated carbocycles. The van der Waals surface area contributed by atoms with E-state index in [2.05, 4.69) is 15.8 Å². The minimum absolute atomic E-state index is 0.0783. The van der Waals surface area contributed by atoms with E-state index in [0.29, 0.717) is 24.3 Å². The standard InChI is InChI=1S/C19H13Cl2N5O5/c20-12-5-10(25-26-15(8-22)18(28)24-19(29)30)6-13(21)17(12)31-11-3-1-9-2-4-16(27)23-14(9)7-11/h1,3,5-7,25H,2,4H2,(H,23,27)(H,24,28)(H,29,30). The van der Waals surface area contributed by atoms with E-state index in [-0.39, 0.29) is 27.4 Å².